The van der Waals surface area contributed by atoms with E-state index in [1.165, 1.54) is 5.56 Å². The fourth-order valence-electron chi connectivity index (χ4n) is 3.33. The average molecular weight is 409 g/mol. The van der Waals surface area contributed by atoms with Crippen LogP contribution in [0, 0.1) is 33.8 Å². The van der Waals surface area contributed by atoms with E-state index in [1.54, 1.807) is 14.0 Å². The Labute approximate surface area is 169 Å². The van der Waals surface area contributed by atoms with Crippen molar-refractivity contribution in [2.45, 2.75) is 32.7 Å². The first kappa shape index (κ1) is 26.9. The summed E-state index contributed by atoms with van der Waals surface area (Å²) in [5, 5.41) is 0. The van der Waals surface area contributed by atoms with Gasteiger partial charge in [0.2, 0.25) is 5.91 Å². The van der Waals surface area contributed by atoms with Gasteiger partial charge in [-0.25, -0.2) is 0 Å². The summed E-state index contributed by atoms with van der Waals surface area (Å²) in [6, 6.07) is 2.18. The molecule has 1 aromatic carbocycles. The zero-order valence-corrected chi connectivity index (χ0v) is 16.5. The van der Waals surface area contributed by atoms with Gasteiger partial charge in [-0.15, -0.1) is 0 Å². The molecule has 0 saturated heterocycles. The van der Waals surface area contributed by atoms with Gasteiger partial charge in [0.1, 0.15) is 5.75 Å². The molecule has 27 heavy (non-hydrogen) atoms. The molecule has 0 N–H and O–H groups in total. The molecule has 0 radical (unpaired) electrons. The predicted molar refractivity (Wildman–Crippen MR) is 92.2 cm³/mol. The number of benzene rings is 1. The largest absolute Gasteiger partial charge is 0 e. The van der Waals surface area contributed by atoms with Crippen molar-refractivity contribution in [2.75, 3.05) is 12.0 Å². The topological polar surface area (TPSA) is 89.2 Å². The third-order valence-electron chi connectivity index (χ3n) is 4.41. The zero-order valence-electron chi connectivity index (χ0n) is 15.4. The third kappa shape index (κ3) is 5.12. The average Bonchev–Trinajstić information content (AvgIpc) is 3.04. The molecule has 1 aromatic rings. The molecule has 0 saturated carbocycles. The van der Waals surface area contributed by atoms with Crippen molar-refractivity contribution in [1.82, 2.24) is 0 Å². The van der Waals surface area contributed by atoms with Crippen molar-refractivity contribution in [3.05, 3.63) is 67.0 Å². The van der Waals surface area contributed by atoms with Crippen LogP contribution in [0.25, 0.3) is 0 Å². The Bertz CT molecular complexity index is 763. The minimum absolute atomic E-state index is 0. The van der Waals surface area contributed by atoms with Crippen molar-refractivity contribution >= 4 is 11.6 Å². The van der Waals surface area contributed by atoms with Gasteiger partial charge in [0.25, 0.3) is 0 Å². The van der Waals surface area contributed by atoms with Crippen LogP contribution in [-0.2, 0) is 35.8 Å². The zero-order chi connectivity index (χ0) is 20.4. The first-order valence-electron chi connectivity index (χ1n) is 7.50. The number of carbonyl (C=O) groups excluding carboxylic acids is 1. The van der Waals surface area contributed by atoms with Crippen molar-refractivity contribution in [1.29, 1.82) is 0 Å². The molecule has 0 unspecified atom stereocenters. The molecule has 3 rings (SSSR count). The minimum atomic E-state index is 0. The molecule has 1 aliphatic heterocycles. The summed E-state index contributed by atoms with van der Waals surface area (Å²) in [5.41, 5.74) is 4.47. The summed E-state index contributed by atoms with van der Waals surface area (Å²) in [5.74, 6) is 1.21. The van der Waals surface area contributed by atoms with Crippen molar-refractivity contribution in [3.63, 3.8) is 0 Å². The van der Waals surface area contributed by atoms with Crippen LogP contribution in [0.4, 0.5) is 5.69 Å². The molecule has 2 atom stereocenters. The van der Waals surface area contributed by atoms with Crippen LogP contribution in [0.5, 0.6) is 5.75 Å². The second kappa shape index (κ2) is 13.0. The van der Waals surface area contributed by atoms with Gasteiger partial charge >= 0.3 is 33.9 Å². The first-order valence-corrected chi connectivity index (χ1v) is 7.50. The number of amides is 1. The van der Waals surface area contributed by atoms with Gasteiger partial charge in [-0.3, -0.25) is 4.79 Å². The molecular weight excluding hydrogens is 390 g/mol. The van der Waals surface area contributed by atoms with E-state index in [1.807, 2.05) is 17.9 Å². The number of rotatable bonds is 1. The van der Waals surface area contributed by atoms with Gasteiger partial charge < -0.3 is 9.64 Å². The smallest absolute Gasteiger partial charge is 0 e. The Morgan fingerprint density at radius 1 is 1.04 bits per heavy atom. The molecule has 2 aliphatic rings. The van der Waals surface area contributed by atoms with Gasteiger partial charge in [0.05, 0.1) is 18.8 Å². The summed E-state index contributed by atoms with van der Waals surface area (Å²) >= 11 is 0. The Kier molecular flexibility index (Phi) is 12.9. The van der Waals surface area contributed by atoms with Crippen LogP contribution in [0.1, 0.15) is 29.5 Å². The van der Waals surface area contributed by atoms with Crippen LogP contribution in [0.3, 0.4) is 0 Å². The molecule has 142 valence electrons. The van der Waals surface area contributed by atoms with Crippen molar-refractivity contribution in [3.8, 4) is 5.75 Å². The number of allylic oxidation sites excluding steroid dienone is 2. The van der Waals surface area contributed by atoms with Crippen molar-refractivity contribution < 1.29 is 40.6 Å². The van der Waals surface area contributed by atoms with Crippen LogP contribution >= 0.6 is 0 Å². The number of nitrogens with zero attached hydrogens (tertiary/aromatic N) is 1. The van der Waals surface area contributed by atoms with Crippen LogP contribution in [0.15, 0.2) is 30.4 Å². The molecule has 7 heteroatoms. The van der Waals surface area contributed by atoms with Crippen LogP contribution < -0.4 is 9.64 Å². The summed E-state index contributed by atoms with van der Waals surface area (Å²) in [7, 11) is 1.69. The quantitative estimate of drug-likeness (QED) is 0.405. The van der Waals surface area contributed by atoms with Gasteiger partial charge in [0.15, 0.2) is 0 Å². The number of carbonyl (C=O) groups is 1. The van der Waals surface area contributed by atoms with E-state index in [4.69, 9.17) is 18.7 Å². The number of hydrogen-bond donors (Lipinski definition) is 0. The SMILES string of the molecule is COc1cc2c(c(C)c1C)N(C(C)=O)[C@@H]1C=CC=C[C@H]21.[C-]#[O+].[C-]#[O+].[C-]#[O+].[Fe]. The second-order valence-corrected chi connectivity index (χ2v) is 5.44. The molecule has 1 amide bonds. The van der Waals surface area contributed by atoms with E-state index in [2.05, 4.69) is 51.2 Å². The van der Waals surface area contributed by atoms with E-state index >= 15 is 0 Å². The number of methoxy groups -OCH3 is 1. The van der Waals surface area contributed by atoms with E-state index in [0.717, 1.165) is 22.6 Å². The number of ether oxygens (including phenoxy) is 1. The maximum absolute atomic E-state index is 12.1. The Balaban J connectivity index is 0. The second-order valence-electron chi connectivity index (χ2n) is 5.44. The Morgan fingerprint density at radius 3 is 2.04 bits per heavy atom. The summed E-state index contributed by atoms with van der Waals surface area (Å²) in [4.78, 5) is 14.0. The normalized spacial score (nSPS) is 17.0. The molecule has 0 aromatic heterocycles. The van der Waals surface area contributed by atoms with Crippen LogP contribution in [-0.4, -0.2) is 19.1 Å². The number of anilines is 1. The fourth-order valence-corrected chi connectivity index (χ4v) is 3.33. The maximum atomic E-state index is 12.1. The molecule has 0 fully saturated rings. The van der Waals surface area contributed by atoms with E-state index in [0.29, 0.717) is 0 Å². The molecular formula is C20H19FeNO5. The molecule has 1 heterocycles. The Hall–Kier alpha value is -2.29. The van der Waals surface area contributed by atoms with Gasteiger partial charge in [0, 0.05) is 29.9 Å². The Morgan fingerprint density at radius 2 is 1.56 bits per heavy atom. The first-order chi connectivity index (χ1) is 12.6. The molecule has 0 bridgehead atoms. The van der Waals surface area contributed by atoms with Crippen LogP contribution in [0.2, 0.25) is 0 Å². The van der Waals surface area contributed by atoms with Gasteiger partial charge in [-0.05, 0) is 36.6 Å². The summed E-state index contributed by atoms with van der Waals surface area (Å²) < 4.78 is 28.0. The van der Waals surface area contributed by atoms with Gasteiger partial charge in [-0.1, -0.05) is 24.3 Å². The standard InChI is InChI=1S/C17H19NO2.3CO.Fe/c1-10-11(2)17-14(9-16(10)20-4)13-7-5-6-8-15(13)18(17)12(3)19;3*1-2;/h5-9,13,15H,1-4H3;;;;/t13-,15-;;;;/m1..../s1. The monoisotopic (exact) mass is 409 g/mol. The summed E-state index contributed by atoms with van der Waals surface area (Å²) in [6.07, 6.45) is 8.34. The summed E-state index contributed by atoms with van der Waals surface area (Å²) in [6.45, 7) is 19.2. The fraction of sp³-hybridized carbons (Fsp3) is 0.300. The predicted octanol–water partition coefficient (Wildman–Crippen LogP) is 3.14. The molecule has 1 aliphatic carbocycles. The maximum Gasteiger partial charge on any atom is 0 e. The van der Waals surface area contributed by atoms with E-state index < -0.39 is 0 Å². The van der Waals surface area contributed by atoms with E-state index in [-0.39, 0.29) is 34.9 Å². The van der Waals surface area contributed by atoms with E-state index in [9.17, 15) is 4.79 Å². The minimum Gasteiger partial charge on any atom is 0 e. The van der Waals surface area contributed by atoms with Gasteiger partial charge in [-0.2, -0.15) is 0 Å². The van der Waals surface area contributed by atoms with Crippen molar-refractivity contribution in [2.24, 2.45) is 0 Å². The number of fused-ring (bicyclic) bond motifs is 3. The number of hydrogen-bond acceptors (Lipinski definition) is 2. The molecule has 6 nitrogen and oxygen atoms in total. The third-order valence-corrected chi connectivity index (χ3v) is 4.41. The molecule has 0 spiro atoms.